The van der Waals surface area contributed by atoms with Crippen LogP contribution in [-0.4, -0.2) is 22.6 Å². The number of aromatic nitrogens is 2. The van der Waals surface area contributed by atoms with E-state index >= 15 is 0 Å². The standard InChI is InChI=1S/C21H19FN4/c22-15-6-5-9-18-14(15)12-21(13-23,19-10-3-4-11-26(18)19)20-24-16-7-1-2-8-17(16)25-20/h1-2,5-9,19H,3-4,10-12H2,(H,24,25). The molecular formula is C21H19FN4. The molecule has 0 radical (unpaired) electrons. The molecule has 2 aliphatic heterocycles. The Morgan fingerprint density at radius 3 is 2.92 bits per heavy atom. The van der Waals surface area contributed by atoms with Crippen molar-refractivity contribution in [3.8, 4) is 6.07 Å². The first kappa shape index (κ1) is 15.4. The fourth-order valence-corrected chi connectivity index (χ4v) is 4.69. The van der Waals surface area contributed by atoms with Crippen molar-refractivity contribution in [3.05, 3.63) is 59.7 Å². The molecule has 5 heteroatoms. The Balaban J connectivity index is 1.74. The molecule has 2 unspecified atom stereocenters. The van der Waals surface area contributed by atoms with Gasteiger partial charge >= 0.3 is 0 Å². The SMILES string of the molecule is N#CC1(c2nc3ccccc3[nH]2)Cc2c(F)cccc2N2CCCCC21. The van der Waals surface area contributed by atoms with Crippen LogP contribution in [0.1, 0.15) is 30.7 Å². The molecule has 2 aromatic carbocycles. The molecule has 3 aromatic rings. The Labute approximate surface area is 151 Å². The first-order chi connectivity index (χ1) is 12.7. The van der Waals surface area contributed by atoms with Gasteiger partial charge < -0.3 is 9.88 Å². The van der Waals surface area contributed by atoms with Gasteiger partial charge in [0.15, 0.2) is 0 Å². The summed E-state index contributed by atoms with van der Waals surface area (Å²) in [6.45, 7) is 0.852. The highest BCUT2D eigenvalue weighted by molar-refractivity contribution is 5.75. The van der Waals surface area contributed by atoms with Crippen LogP contribution in [0.3, 0.4) is 0 Å². The number of nitrogens with zero attached hydrogens (tertiary/aromatic N) is 3. The zero-order chi connectivity index (χ0) is 17.7. The number of rotatable bonds is 1. The molecule has 5 rings (SSSR count). The van der Waals surface area contributed by atoms with Crippen molar-refractivity contribution in [2.75, 3.05) is 11.4 Å². The minimum atomic E-state index is -0.866. The first-order valence-corrected chi connectivity index (χ1v) is 9.13. The van der Waals surface area contributed by atoms with E-state index in [0.717, 1.165) is 42.5 Å². The van der Waals surface area contributed by atoms with Crippen molar-refractivity contribution in [3.63, 3.8) is 0 Å². The number of nitriles is 1. The van der Waals surface area contributed by atoms with Gasteiger partial charge in [-0.1, -0.05) is 18.2 Å². The third kappa shape index (κ3) is 2.02. The first-order valence-electron chi connectivity index (χ1n) is 9.13. The molecule has 1 N–H and O–H groups in total. The van der Waals surface area contributed by atoms with Crippen molar-refractivity contribution in [2.45, 2.75) is 37.1 Å². The number of nitrogens with one attached hydrogen (secondary N) is 1. The van der Waals surface area contributed by atoms with E-state index in [4.69, 9.17) is 4.98 Å². The summed E-state index contributed by atoms with van der Waals surface area (Å²) in [5.41, 5.74) is 2.47. The van der Waals surface area contributed by atoms with E-state index in [9.17, 15) is 9.65 Å². The Bertz CT molecular complexity index is 1000. The van der Waals surface area contributed by atoms with E-state index in [0.29, 0.717) is 17.8 Å². The van der Waals surface area contributed by atoms with Gasteiger partial charge in [0, 0.05) is 24.2 Å². The van der Waals surface area contributed by atoms with Crippen LogP contribution in [0.4, 0.5) is 10.1 Å². The van der Waals surface area contributed by atoms with Gasteiger partial charge in [0.25, 0.3) is 0 Å². The second kappa shape index (κ2) is 5.57. The topological polar surface area (TPSA) is 55.7 Å². The molecule has 130 valence electrons. The van der Waals surface area contributed by atoms with Crippen molar-refractivity contribution in [1.29, 1.82) is 5.26 Å². The molecule has 3 heterocycles. The minimum Gasteiger partial charge on any atom is -0.366 e. The normalized spacial score (nSPS) is 24.8. The lowest BCUT2D eigenvalue weighted by Crippen LogP contribution is -2.57. The lowest BCUT2D eigenvalue weighted by Gasteiger charge is -2.49. The van der Waals surface area contributed by atoms with Gasteiger partial charge in [-0.3, -0.25) is 0 Å². The number of H-pyrrole nitrogens is 1. The van der Waals surface area contributed by atoms with Gasteiger partial charge in [-0.25, -0.2) is 9.37 Å². The van der Waals surface area contributed by atoms with Crippen LogP contribution in [0.15, 0.2) is 42.5 Å². The Morgan fingerprint density at radius 2 is 2.08 bits per heavy atom. The number of aromatic amines is 1. The van der Waals surface area contributed by atoms with Gasteiger partial charge in [0.1, 0.15) is 17.1 Å². The van der Waals surface area contributed by atoms with E-state index in [1.165, 1.54) is 6.07 Å². The van der Waals surface area contributed by atoms with Gasteiger partial charge in [0.05, 0.1) is 23.1 Å². The molecule has 4 nitrogen and oxygen atoms in total. The maximum absolute atomic E-state index is 14.7. The molecule has 1 aromatic heterocycles. The molecule has 1 fully saturated rings. The van der Waals surface area contributed by atoms with E-state index in [-0.39, 0.29) is 11.9 Å². The average molecular weight is 346 g/mol. The summed E-state index contributed by atoms with van der Waals surface area (Å²) in [6.07, 6.45) is 3.41. The highest BCUT2D eigenvalue weighted by Gasteiger charge is 2.51. The number of fused-ring (bicyclic) bond motifs is 4. The van der Waals surface area contributed by atoms with Crippen molar-refractivity contribution < 1.29 is 4.39 Å². The summed E-state index contributed by atoms with van der Waals surface area (Å²) in [5.74, 6) is 0.425. The number of piperidine rings is 1. The molecule has 2 atom stereocenters. The molecule has 0 spiro atoms. The van der Waals surface area contributed by atoms with E-state index in [1.807, 2.05) is 30.3 Å². The lowest BCUT2D eigenvalue weighted by molar-refractivity contribution is 0.310. The third-order valence-corrected chi connectivity index (χ3v) is 5.94. The van der Waals surface area contributed by atoms with E-state index in [2.05, 4.69) is 16.0 Å². The molecule has 1 saturated heterocycles. The van der Waals surface area contributed by atoms with Gasteiger partial charge in [0.2, 0.25) is 0 Å². The summed E-state index contributed by atoms with van der Waals surface area (Å²) in [7, 11) is 0. The Hall–Kier alpha value is -2.87. The second-order valence-corrected chi connectivity index (χ2v) is 7.30. The molecule has 26 heavy (non-hydrogen) atoms. The van der Waals surface area contributed by atoms with Gasteiger partial charge in [-0.05, 0) is 43.5 Å². The smallest absolute Gasteiger partial charge is 0.139 e. The zero-order valence-electron chi connectivity index (χ0n) is 14.4. The van der Waals surface area contributed by atoms with Crippen LogP contribution in [0.25, 0.3) is 11.0 Å². The number of halogens is 1. The monoisotopic (exact) mass is 346 g/mol. The third-order valence-electron chi connectivity index (χ3n) is 5.94. The van der Waals surface area contributed by atoms with Crippen LogP contribution in [0, 0.1) is 17.1 Å². The fraction of sp³-hybridized carbons (Fsp3) is 0.333. The second-order valence-electron chi connectivity index (χ2n) is 7.30. The van der Waals surface area contributed by atoms with Crippen LogP contribution in [-0.2, 0) is 11.8 Å². The predicted molar refractivity (Wildman–Crippen MR) is 98.5 cm³/mol. The molecule has 0 aliphatic carbocycles. The Kier molecular flexibility index (Phi) is 3.30. The number of hydrogen-bond acceptors (Lipinski definition) is 3. The maximum Gasteiger partial charge on any atom is 0.139 e. The Morgan fingerprint density at radius 1 is 1.19 bits per heavy atom. The lowest BCUT2D eigenvalue weighted by atomic mass is 9.68. The molecule has 0 amide bonds. The fourth-order valence-electron chi connectivity index (χ4n) is 4.69. The van der Waals surface area contributed by atoms with Crippen molar-refractivity contribution in [1.82, 2.24) is 9.97 Å². The number of benzene rings is 2. The van der Waals surface area contributed by atoms with Crippen LogP contribution in [0.2, 0.25) is 0 Å². The summed E-state index contributed by atoms with van der Waals surface area (Å²) in [5, 5.41) is 10.3. The zero-order valence-corrected chi connectivity index (χ0v) is 14.4. The molecule has 0 saturated carbocycles. The van der Waals surface area contributed by atoms with Crippen LogP contribution >= 0.6 is 0 Å². The predicted octanol–water partition coefficient (Wildman–Crippen LogP) is 4.08. The summed E-state index contributed by atoms with van der Waals surface area (Å²) in [4.78, 5) is 10.3. The molecule has 2 aliphatic rings. The van der Waals surface area contributed by atoms with Crippen LogP contribution < -0.4 is 4.90 Å². The maximum atomic E-state index is 14.7. The quantitative estimate of drug-likeness (QED) is 0.722. The van der Waals surface area contributed by atoms with Crippen molar-refractivity contribution in [2.24, 2.45) is 0 Å². The van der Waals surface area contributed by atoms with Crippen LogP contribution in [0.5, 0.6) is 0 Å². The number of hydrogen-bond donors (Lipinski definition) is 1. The number of para-hydroxylation sites is 2. The summed E-state index contributed by atoms with van der Waals surface area (Å²) < 4.78 is 14.7. The summed E-state index contributed by atoms with van der Waals surface area (Å²) >= 11 is 0. The van der Waals surface area contributed by atoms with E-state index < -0.39 is 5.41 Å². The number of imidazole rings is 1. The van der Waals surface area contributed by atoms with Gasteiger partial charge in [-0.15, -0.1) is 0 Å². The summed E-state index contributed by atoms with van der Waals surface area (Å²) in [6, 6.07) is 15.6. The highest BCUT2D eigenvalue weighted by atomic mass is 19.1. The minimum absolute atomic E-state index is 0.0103. The van der Waals surface area contributed by atoms with Crippen molar-refractivity contribution >= 4 is 16.7 Å². The largest absolute Gasteiger partial charge is 0.366 e. The van der Waals surface area contributed by atoms with E-state index in [1.54, 1.807) is 6.07 Å². The highest BCUT2D eigenvalue weighted by Crippen LogP contribution is 2.46. The van der Waals surface area contributed by atoms with Gasteiger partial charge in [-0.2, -0.15) is 5.26 Å². The molecule has 0 bridgehead atoms. The molecular weight excluding hydrogens is 327 g/mol. The number of anilines is 1. The average Bonchev–Trinajstić information content (AvgIpc) is 3.12.